The Labute approximate surface area is 176 Å². The first-order valence-electron chi connectivity index (χ1n) is 10.7. The zero-order valence-corrected chi connectivity index (χ0v) is 17.4. The predicted octanol–water partition coefficient (Wildman–Crippen LogP) is 3.19. The van der Waals surface area contributed by atoms with Crippen molar-refractivity contribution in [3.05, 3.63) is 35.8 Å². The number of aromatic nitrogens is 3. The van der Waals surface area contributed by atoms with Gasteiger partial charge in [-0.15, -0.1) is 5.10 Å². The van der Waals surface area contributed by atoms with E-state index >= 15 is 0 Å². The fourth-order valence-electron chi connectivity index (χ4n) is 4.26. The maximum atomic E-state index is 13.0. The average molecular weight is 412 g/mol. The lowest BCUT2D eigenvalue weighted by atomic mass is 9.93. The highest BCUT2D eigenvalue weighted by atomic mass is 16.5. The molecule has 1 aliphatic carbocycles. The highest BCUT2D eigenvalue weighted by molar-refractivity contribution is 5.93. The van der Waals surface area contributed by atoms with Crippen LogP contribution in [0.3, 0.4) is 0 Å². The molecule has 1 aliphatic heterocycles. The van der Waals surface area contributed by atoms with Crippen LogP contribution < -0.4 is 15.2 Å². The number of piperidine rings is 1. The molecule has 0 spiro atoms. The zero-order chi connectivity index (χ0) is 20.9. The second kappa shape index (κ2) is 9.28. The molecule has 2 aliphatic rings. The van der Waals surface area contributed by atoms with Gasteiger partial charge in [-0.3, -0.25) is 4.79 Å². The number of hydrogen-bond acceptors (Lipinski definition) is 7. The lowest BCUT2D eigenvalue weighted by Gasteiger charge is -2.31. The van der Waals surface area contributed by atoms with Crippen molar-refractivity contribution in [2.24, 2.45) is 0 Å². The van der Waals surface area contributed by atoms with Gasteiger partial charge in [0, 0.05) is 25.1 Å². The van der Waals surface area contributed by atoms with E-state index < -0.39 is 0 Å². The summed E-state index contributed by atoms with van der Waals surface area (Å²) in [5, 5.41) is 8.13. The number of nitrogen functional groups attached to an aromatic ring is 1. The van der Waals surface area contributed by atoms with E-state index in [4.69, 9.17) is 15.2 Å². The fraction of sp³-hybridized carbons (Fsp3) is 0.545. The molecule has 0 atom stereocenters. The molecule has 2 N–H and O–H groups in total. The van der Waals surface area contributed by atoms with Crippen LogP contribution >= 0.6 is 0 Å². The van der Waals surface area contributed by atoms with E-state index in [1.807, 2.05) is 11.0 Å². The Morgan fingerprint density at radius 1 is 1.07 bits per heavy atom. The Morgan fingerprint density at radius 2 is 1.83 bits per heavy atom. The van der Waals surface area contributed by atoms with E-state index in [2.05, 4.69) is 15.2 Å². The van der Waals surface area contributed by atoms with Gasteiger partial charge < -0.3 is 20.1 Å². The zero-order valence-electron chi connectivity index (χ0n) is 17.4. The van der Waals surface area contributed by atoms with Crippen molar-refractivity contribution >= 4 is 11.7 Å². The molecule has 0 unspecified atom stereocenters. The molecule has 0 aromatic carbocycles. The molecule has 0 bridgehead atoms. The normalized spacial score (nSPS) is 18.2. The third-order valence-corrected chi connectivity index (χ3v) is 6.02. The second-order valence-electron chi connectivity index (χ2n) is 8.05. The SMILES string of the molecule is COc1cc(C(=O)N2CCC(c3ccc(N)nn3)CC2)ncc1OC1CCCCC1. The topological polar surface area (TPSA) is 103 Å². The molecule has 30 heavy (non-hydrogen) atoms. The minimum Gasteiger partial charge on any atom is -0.493 e. The number of nitrogens with two attached hydrogens (primary N) is 1. The third kappa shape index (κ3) is 4.63. The Bertz CT molecular complexity index is 860. The van der Waals surface area contributed by atoms with Gasteiger partial charge in [0.2, 0.25) is 0 Å². The van der Waals surface area contributed by atoms with Crippen molar-refractivity contribution < 1.29 is 14.3 Å². The van der Waals surface area contributed by atoms with Crippen LogP contribution in [-0.2, 0) is 0 Å². The number of likely N-dealkylation sites (tertiary alicyclic amines) is 1. The van der Waals surface area contributed by atoms with E-state index in [1.54, 1.807) is 25.4 Å². The van der Waals surface area contributed by atoms with E-state index in [-0.39, 0.29) is 17.9 Å². The number of hydrogen-bond donors (Lipinski definition) is 1. The summed E-state index contributed by atoms with van der Waals surface area (Å²) in [6.07, 6.45) is 9.25. The summed E-state index contributed by atoms with van der Waals surface area (Å²) in [7, 11) is 1.59. The van der Waals surface area contributed by atoms with Crippen LogP contribution in [0.2, 0.25) is 0 Å². The van der Waals surface area contributed by atoms with E-state index in [0.29, 0.717) is 36.1 Å². The van der Waals surface area contributed by atoms with Crippen molar-refractivity contribution in [1.29, 1.82) is 0 Å². The van der Waals surface area contributed by atoms with Gasteiger partial charge in [-0.05, 0) is 50.7 Å². The van der Waals surface area contributed by atoms with Gasteiger partial charge in [-0.1, -0.05) is 6.42 Å². The molecular formula is C22H29N5O3. The van der Waals surface area contributed by atoms with Gasteiger partial charge in [-0.2, -0.15) is 5.10 Å². The largest absolute Gasteiger partial charge is 0.493 e. The molecule has 160 valence electrons. The molecular weight excluding hydrogens is 382 g/mol. The lowest BCUT2D eigenvalue weighted by Crippen LogP contribution is -2.38. The first-order valence-corrected chi connectivity index (χ1v) is 10.7. The number of pyridine rings is 1. The molecule has 2 aromatic heterocycles. The molecule has 1 amide bonds. The number of anilines is 1. The fourth-order valence-corrected chi connectivity index (χ4v) is 4.26. The number of nitrogens with zero attached hydrogens (tertiary/aromatic N) is 4. The quantitative estimate of drug-likeness (QED) is 0.806. The Morgan fingerprint density at radius 3 is 2.50 bits per heavy atom. The van der Waals surface area contributed by atoms with Crippen LogP contribution in [0, 0.1) is 0 Å². The van der Waals surface area contributed by atoms with E-state index in [1.165, 1.54) is 19.3 Å². The Kier molecular flexibility index (Phi) is 6.30. The summed E-state index contributed by atoms with van der Waals surface area (Å²) >= 11 is 0. The van der Waals surface area contributed by atoms with Crippen LogP contribution in [0.1, 0.15) is 67.0 Å². The average Bonchev–Trinajstić information content (AvgIpc) is 2.80. The van der Waals surface area contributed by atoms with Crippen LogP contribution in [0.5, 0.6) is 11.5 Å². The smallest absolute Gasteiger partial charge is 0.272 e. The summed E-state index contributed by atoms with van der Waals surface area (Å²) < 4.78 is 11.6. The van der Waals surface area contributed by atoms with Crippen molar-refractivity contribution in [3.8, 4) is 11.5 Å². The summed E-state index contributed by atoms with van der Waals surface area (Å²) in [6, 6.07) is 5.38. The maximum absolute atomic E-state index is 13.0. The molecule has 1 saturated carbocycles. The molecule has 8 nitrogen and oxygen atoms in total. The van der Waals surface area contributed by atoms with Crippen molar-refractivity contribution in [2.45, 2.75) is 57.0 Å². The second-order valence-corrected chi connectivity index (χ2v) is 8.05. The third-order valence-electron chi connectivity index (χ3n) is 6.02. The molecule has 2 fully saturated rings. The summed E-state index contributed by atoms with van der Waals surface area (Å²) in [4.78, 5) is 19.2. The van der Waals surface area contributed by atoms with Crippen LogP contribution in [0.15, 0.2) is 24.4 Å². The van der Waals surface area contributed by atoms with Gasteiger partial charge in [0.15, 0.2) is 11.5 Å². The van der Waals surface area contributed by atoms with Gasteiger partial charge >= 0.3 is 0 Å². The van der Waals surface area contributed by atoms with Gasteiger partial charge in [0.05, 0.1) is 25.1 Å². The van der Waals surface area contributed by atoms with Gasteiger partial charge in [-0.25, -0.2) is 4.98 Å². The molecule has 3 heterocycles. The van der Waals surface area contributed by atoms with Crippen molar-refractivity contribution in [3.63, 3.8) is 0 Å². The number of ether oxygens (including phenoxy) is 2. The van der Waals surface area contributed by atoms with Gasteiger partial charge in [0.25, 0.3) is 5.91 Å². The summed E-state index contributed by atoms with van der Waals surface area (Å²) in [6.45, 7) is 1.31. The highest BCUT2D eigenvalue weighted by Crippen LogP contribution is 2.32. The lowest BCUT2D eigenvalue weighted by molar-refractivity contribution is 0.0705. The van der Waals surface area contributed by atoms with Gasteiger partial charge in [0.1, 0.15) is 11.5 Å². The monoisotopic (exact) mass is 411 g/mol. The highest BCUT2D eigenvalue weighted by Gasteiger charge is 2.27. The number of rotatable bonds is 5. The van der Waals surface area contributed by atoms with Crippen molar-refractivity contribution in [2.75, 3.05) is 25.9 Å². The standard InChI is InChI=1S/C22H29N5O3/c1-29-19-13-18(24-14-20(19)30-16-5-3-2-4-6-16)22(28)27-11-9-15(10-12-27)17-7-8-21(23)26-25-17/h7-8,13-16H,2-6,9-12H2,1H3,(H2,23,26). The molecule has 4 rings (SSSR count). The number of carbonyl (C=O) groups is 1. The predicted molar refractivity (Wildman–Crippen MR) is 113 cm³/mol. The Balaban J connectivity index is 1.39. The van der Waals surface area contributed by atoms with E-state index in [9.17, 15) is 4.79 Å². The maximum Gasteiger partial charge on any atom is 0.272 e. The first kappa shape index (κ1) is 20.4. The minimum absolute atomic E-state index is 0.0839. The number of carbonyl (C=O) groups excluding carboxylic acids is 1. The van der Waals surface area contributed by atoms with Crippen LogP contribution in [0.25, 0.3) is 0 Å². The molecule has 8 heteroatoms. The van der Waals surface area contributed by atoms with Crippen LogP contribution in [0.4, 0.5) is 5.82 Å². The molecule has 1 saturated heterocycles. The minimum atomic E-state index is -0.0839. The number of methoxy groups -OCH3 is 1. The van der Waals surface area contributed by atoms with Crippen molar-refractivity contribution in [1.82, 2.24) is 20.1 Å². The molecule has 0 radical (unpaired) electrons. The number of amides is 1. The first-order chi connectivity index (χ1) is 14.6. The van der Waals surface area contributed by atoms with E-state index in [0.717, 1.165) is 31.4 Å². The summed E-state index contributed by atoms with van der Waals surface area (Å²) in [5.74, 6) is 1.80. The van der Waals surface area contributed by atoms with Crippen LogP contribution in [-0.4, -0.2) is 52.3 Å². The summed E-state index contributed by atoms with van der Waals surface area (Å²) in [5.41, 5.74) is 6.93. The Hall–Kier alpha value is -2.90. The molecule has 2 aromatic rings.